The van der Waals surface area contributed by atoms with Crippen LogP contribution in [-0.2, 0) is 19.6 Å². The largest absolute Gasteiger partial charge is 0.452 e. The van der Waals surface area contributed by atoms with Gasteiger partial charge in [0.25, 0.3) is 5.91 Å². The first-order valence-electron chi connectivity index (χ1n) is 7.41. The number of ether oxygens (including phenoxy) is 1. The molecule has 2 rings (SSSR count). The Morgan fingerprint density at radius 1 is 1.26 bits per heavy atom. The summed E-state index contributed by atoms with van der Waals surface area (Å²) in [4.78, 5) is 27.7. The quantitative estimate of drug-likeness (QED) is 0.699. The van der Waals surface area contributed by atoms with Crippen LogP contribution in [0.1, 0.15) is 21.5 Å². The van der Waals surface area contributed by atoms with Crippen molar-refractivity contribution in [2.75, 3.05) is 11.9 Å². The number of benzene rings is 1. The van der Waals surface area contributed by atoms with Crippen molar-refractivity contribution in [3.63, 3.8) is 0 Å². The van der Waals surface area contributed by atoms with Crippen molar-refractivity contribution < 1.29 is 22.7 Å². The van der Waals surface area contributed by atoms with Crippen molar-refractivity contribution in [3.05, 3.63) is 51.1 Å². The van der Waals surface area contributed by atoms with Gasteiger partial charge in [-0.1, -0.05) is 29.3 Å². The molecule has 1 amide bonds. The number of hydrogen-bond donors (Lipinski definition) is 2. The molecule has 0 radical (unpaired) electrons. The maximum atomic E-state index is 12.1. The second kappa shape index (κ2) is 8.22. The van der Waals surface area contributed by atoms with Gasteiger partial charge in [0.05, 0.1) is 20.5 Å². The maximum absolute atomic E-state index is 12.1. The molecule has 144 valence electrons. The fraction of sp³-hybridized carbons (Fsp3) is 0.188. The number of pyridine rings is 1. The smallest absolute Gasteiger partial charge is 0.338 e. The zero-order valence-corrected chi connectivity index (χ0v) is 16.6. The predicted molar refractivity (Wildman–Crippen MR) is 100 cm³/mol. The van der Waals surface area contributed by atoms with Crippen molar-refractivity contribution in [1.29, 1.82) is 0 Å². The molecule has 8 nitrogen and oxygen atoms in total. The molecule has 0 aliphatic carbocycles. The molecule has 0 saturated heterocycles. The van der Waals surface area contributed by atoms with E-state index in [-0.39, 0.29) is 21.3 Å². The van der Waals surface area contributed by atoms with Crippen LogP contribution in [0.3, 0.4) is 0 Å². The molecule has 1 aromatic carbocycles. The zero-order chi connectivity index (χ0) is 20.4. The highest BCUT2D eigenvalue weighted by molar-refractivity contribution is 7.89. The van der Waals surface area contributed by atoms with Crippen LogP contribution in [0.15, 0.2) is 29.3 Å². The maximum Gasteiger partial charge on any atom is 0.338 e. The second-order valence-corrected chi connectivity index (χ2v) is 7.86. The first-order chi connectivity index (χ1) is 12.5. The van der Waals surface area contributed by atoms with E-state index in [4.69, 9.17) is 33.1 Å². The molecule has 0 unspecified atom stereocenters. The fourth-order valence-corrected chi connectivity index (χ4v) is 3.26. The molecule has 3 N–H and O–H groups in total. The van der Waals surface area contributed by atoms with E-state index in [2.05, 4.69) is 10.3 Å². The highest BCUT2D eigenvalue weighted by atomic mass is 35.5. The van der Waals surface area contributed by atoms with Gasteiger partial charge >= 0.3 is 5.97 Å². The minimum atomic E-state index is -3.99. The van der Waals surface area contributed by atoms with Gasteiger partial charge in [-0.05, 0) is 37.1 Å². The molecular weight excluding hydrogens is 417 g/mol. The first-order valence-corrected chi connectivity index (χ1v) is 9.72. The summed E-state index contributed by atoms with van der Waals surface area (Å²) in [5, 5.41) is 8.00. The lowest BCUT2D eigenvalue weighted by Gasteiger charge is -2.10. The van der Waals surface area contributed by atoms with E-state index in [0.717, 1.165) is 6.07 Å². The molecule has 0 spiro atoms. The Bertz CT molecular complexity index is 1020. The van der Waals surface area contributed by atoms with Crippen LogP contribution in [0.25, 0.3) is 0 Å². The molecule has 1 heterocycles. The Kier molecular flexibility index (Phi) is 6.42. The molecule has 0 fully saturated rings. The van der Waals surface area contributed by atoms with Crippen LogP contribution < -0.4 is 10.5 Å². The number of aromatic nitrogens is 1. The number of nitrogens with one attached hydrogen (secondary N) is 1. The highest BCUT2D eigenvalue weighted by Gasteiger charge is 2.18. The molecule has 0 aliphatic rings. The monoisotopic (exact) mass is 431 g/mol. The summed E-state index contributed by atoms with van der Waals surface area (Å²) in [6.45, 7) is 2.56. The Morgan fingerprint density at radius 2 is 1.93 bits per heavy atom. The number of anilines is 1. The van der Waals surface area contributed by atoms with E-state index in [9.17, 15) is 18.0 Å². The van der Waals surface area contributed by atoms with Gasteiger partial charge in [-0.3, -0.25) is 4.79 Å². The summed E-state index contributed by atoms with van der Waals surface area (Å²) >= 11 is 11.9. The third-order valence-electron chi connectivity index (χ3n) is 3.52. The van der Waals surface area contributed by atoms with E-state index in [1.54, 1.807) is 6.92 Å². The number of nitrogens with two attached hydrogens (primary N) is 1. The molecule has 2 aromatic rings. The molecule has 0 atom stereocenters. The lowest BCUT2D eigenvalue weighted by molar-refractivity contribution is -0.119. The summed E-state index contributed by atoms with van der Waals surface area (Å²) in [5.41, 5.74) is 0.859. The number of halogens is 2. The van der Waals surface area contributed by atoms with Crippen molar-refractivity contribution in [3.8, 4) is 0 Å². The van der Waals surface area contributed by atoms with Gasteiger partial charge in [-0.25, -0.2) is 23.3 Å². The van der Waals surface area contributed by atoms with Crippen LogP contribution in [0.5, 0.6) is 0 Å². The summed E-state index contributed by atoms with van der Waals surface area (Å²) in [7, 11) is -3.99. The number of aryl methyl sites for hydroxylation is 1. The second-order valence-electron chi connectivity index (χ2n) is 5.54. The van der Waals surface area contributed by atoms with E-state index in [1.807, 2.05) is 0 Å². The number of carbonyl (C=O) groups is 2. The number of amides is 1. The number of carbonyl (C=O) groups excluding carboxylic acids is 2. The van der Waals surface area contributed by atoms with Crippen LogP contribution >= 0.6 is 23.2 Å². The van der Waals surface area contributed by atoms with Crippen molar-refractivity contribution in [1.82, 2.24) is 4.98 Å². The lowest BCUT2D eigenvalue weighted by atomic mass is 10.1. The van der Waals surface area contributed by atoms with Crippen LogP contribution in [-0.4, -0.2) is 31.9 Å². The van der Waals surface area contributed by atoms with Gasteiger partial charge in [0.1, 0.15) is 0 Å². The Hall–Kier alpha value is -2.20. The molecule has 1 aromatic heterocycles. The predicted octanol–water partition coefficient (Wildman–Crippen LogP) is 2.45. The highest BCUT2D eigenvalue weighted by Crippen LogP contribution is 2.28. The Labute approximate surface area is 165 Å². The van der Waals surface area contributed by atoms with Crippen LogP contribution in [0.4, 0.5) is 5.82 Å². The molecule has 0 bridgehead atoms. The molecule has 11 heteroatoms. The normalized spacial score (nSPS) is 11.1. The van der Waals surface area contributed by atoms with Gasteiger partial charge < -0.3 is 10.1 Å². The fourth-order valence-electron chi connectivity index (χ4n) is 2.06. The van der Waals surface area contributed by atoms with Gasteiger partial charge in [-0.15, -0.1) is 0 Å². The van der Waals surface area contributed by atoms with Crippen LogP contribution in [0, 0.1) is 13.8 Å². The molecule has 27 heavy (non-hydrogen) atoms. The summed E-state index contributed by atoms with van der Waals surface area (Å²) in [6.07, 6.45) is 1.32. The topological polar surface area (TPSA) is 128 Å². The average Bonchev–Trinajstić information content (AvgIpc) is 2.59. The standard InChI is InChI=1S/C16H15Cl2N3O5S/c1-8-3-4-10(5-12(8)27(19,24)25)16(23)26-7-13(22)21-15-14(18)9(2)11(17)6-20-15/h3-6H,7H2,1-2H3,(H2,19,24,25)(H,20,21,22). The third-order valence-corrected chi connectivity index (χ3v) is 5.42. The third kappa shape index (κ3) is 5.16. The van der Waals surface area contributed by atoms with Crippen molar-refractivity contribution in [2.24, 2.45) is 5.14 Å². The Morgan fingerprint density at radius 3 is 2.56 bits per heavy atom. The minimum absolute atomic E-state index is 0.0593. The van der Waals surface area contributed by atoms with Crippen LogP contribution in [0.2, 0.25) is 10.0 Å². The SMILES string of the molecule is Cc1ccc(C(=O)OCC(=O)Nc2ncc(Cl)c(C)c2Cl)cc1S(N)(=O)=O. The molecular formula is C16H15Cl2N3O5S. The number of rotatable bonds is 5. The minimum Gasteiger partial charge on any atom is -0.452 e. The number of hydrogen-bond acceptors (Lipinski definition) is 6. The number of sulfonamides is 1. The summed E-state index contributed by atoms with van der Waals surface area (Å²) in [6, 6.07) is 3.87. The number of primary sulfonamides is 1. The van der Waals surface area contributed by atoms with E-state index >= 15 is 0 Å². The first kappa shape index (κ1) is 21.1. The number of nitrogens with zero attached hydrogens (tertiary/aromatic N) is 1. The van der Waals surface area contributed by atoms with Gasteiger partial charge in [0, 0.05) is 6.20 Å². The lowest BCUT2D eigenvalue weighted by Crippen LogP contribution is -2.22. The van der Waals surface area contributed by atoms with E-state index < -0.39 is 28.5 Å². The van der Waals surface area contributed by atoms with Crippen molar-refractivity contribution in [2.45, 2.75) is 18.7 Å². The Balaban J connectivity index is 2.06. The van der Waals surface area contributed by atoms with Gasteiger partial charge in [0.15, 0.2) is 12.4 Å². The summed E-state index contributed by atoms with van der Waals surface area (Å²) < 4.78 is 27.9. The average molecular weight is 432 g/mol. The van der Waals surface area contributed by atoms with Gasteiger partial charge in [0.2, 0.25) is 10.0 Å². The molecule has 0 saturated carbocycles. The zero-order valence-electron chi connectivity index (χ0n) is 14.2. The van der Waals surface area contributed by atoms with Gasteiger partial charge in [-0.2, -0.15) is 0 Å². The van der Waals surface area contributed by atoms with E-state index in [0.29, 0.717) is 16.1 Å². The number of esters is 1. The summed E-state index contributed by atoms with van der Waals surface area (Å²) in [5.74, 6) is -1.49. The van der Waals surface area contributed by atoms with E-state index in [1.165, 1.54) is 25.3 Å². The molecule has 0 aliphatic heterocycles. The van der Waals surface area contributed by atoms with Crippen molar-refractivity contribution >= 4 is 50.9 Å².